The van der Waals surface area contributed by atoms with Gasteiger partial charge in [0.2, 0.25) is 0 Å². The van der Waals surface area contributed by atoms with Crippen LogP contribution in [-0.2, 0) is 0 Å². The van der Waals surface area contributed by atoms with Gasteiger partial charge in [-0.3, -0.25) is 0 Å². The lowest BCUT2D eigenvalue weighted by Crippen LogP contribution is -2.35. The molecule has 0 aromatic heterocycles. The van der Waals surface area contributed by atoms with Crippen LogP contribution in [0.2, 0.25) is 0 Å². The normalized spacial score (nSPS) is 14.2. The second kappa shape index (κ2) is 17.3. The van der Waals surface area contributed by atoms with E-state index in [-0.39, 0.29) is 0 Å². The molecule has 2 unspecified atom stereocenters. The van der Waals surface area contributed by atoms with E-state index in [1.54, 1.807) is 18.7 Å². The molecule has 0 rings (SSSR count). The highest BCUT2D eigenvalue weighted by atomic mass is 16.3. The minimum absolute atomic E-state index is 0.645. The summed E-state index contributed by atoms with van der Waals surface area (Å²) in [6.07, 6.45) is 21.5. The average Bonchev–Trinajstić information content (AvgIpc) is 2.53. The minimum atomic E-state index is -0.645. The summed E-state index contributed by atoms with van der Waals surface area (Å²) in [6, 6.07) is 0. The summed E-state index contributed by atoms with van der Waals surface area (Å²) in [5.74, 6) is 0. The lowest BCUT2D eigenvalue weighted by molar-refractivity contribution is -0.0513. The van der Waals surface area contributed by atoms with Crippen molar-refractivity contribution in [3.63, 3.8) is 0 Å². The standard InChI is InChI=1S/C21H43NO2/c1-4-5-6-7-8-9-10-11-12-13-14-15-16-17-18-19-22(20(2)23)21(3)24/h18-21,23-24H,4-17H2,1-3H3. The van der Waals surface area contributed by atoms with Crippen molar-refractivity contribution in [2.24, 2.45) is 0 Å². The number of aliphatic hydroxyl groups excluding tert-OH is 2. The third-order valence-corrected chi connectivity index (χ3v) is 4.61. The first-order valence-corrected chi connectivity index (χ1v) is 10.4. The predicted octanol–water partition coefficient (Wildman–Crippen LogP) is 5.96. The van der Waals surface area contributed by atoms with Crippen molar-refractivity contribution in [1.82, 2.24) is 4.90 Å². The second-order valence-corrected chi connectivity index (χ2v) is 7.13. The largest absolute Gasteiger partial charge is 0.374 e. The van der Waals surface area contributed by atoms with Crippen LogP contribution >= 0.6 is 0 Å². The summed E-state index contributed by atoms with van der Waals surface area (Å²) >= 11 is 0. The second-order valence-electron chi connectivity index (χ2n) is 7.13. The van der Waals surface area contributed by atoms with Crippen LogP contribution in [0.4, 0.5) is 0 Å². The van der Waals surface area contributed by atoms with Crippen molar-refractivity contribution in [1.29, 1.82) is 0 Å². The molecule has 0 saturated heterocycles. The van der Waals surface area contributed by atoms with Gasteiger partial charge >= 0.3 is 0 Å². The Morgan fingerprint density at radius 1 is 0.667 bits per heavy atom. The molecule has 0 aliphatic rings. The first-order valence-electron chi connectivity index (χ1n) is 10.4. The Kier molecular flexibility index (Phi) is 16.9. The van der Waals surface area contributed by atoms with Crippen molar-refractivity contribution in [3.05, 3.63) is 12.3 Å². The maximum Gasteiger partial charge on any atom is 0.125 e. The van der Waals surface area contributed by atoms with E-state index in [0.29, 0.717) is 0 Å². The molecule has 3 heteroatoms. The number of unbranched alkanes of at least 4 members (excludes halogenated alkanes) is 13. The molecule has 0 fully saturated rings. The Morgan fingerprint density at radius 3 is 1.42 bits per heavy atom. The molecule has 0 amide bonds. The van der Waals surface area contributed by atoms with Crippen LogP contribution in [0.5, 0.6) is 0 Å². The maximum absolute atomic E-state index is 9.51. The first kappa shape index (κ1) is 23.5. The lowest BCUT2D eigenvalue weighted by atomic mass is 10.0. The molecule has 0 aromatic carbocycles. The van der Waals surface area contributed by atoms with Gasteiger partial charge in [-0.1, -0.05) is 90.0 Å². The quantitative estimate of drug-likeness (QED) is 0.253. The Balaban J connectivity index is 3.31. The number of nitrogens with zero attached hydrogens (tertiary/aromatic N) is 1. The van der Waals surface area contributed by atoms with E-state index in [1.807, 2.05) is 6.20 Å². The lowest BCUT2D eigenvalue weighted by Gasteiger charge is -2.26. The fourth-order valence-electron chi connectivity index (χ4n) is 3.04. The van der Waals surface area contributed by atoms with Crippen molar-refractivity contribution in [2.75, 3.05) is 0 Å². The number of hydrogen-bond donors (Lipinski definition) is 2. The molecule has 0 aromatic rings. The van der Waals surface area contributed by atoms with Gasteiger partial charge in [0.15, 0.2) is 0 Å². The zero-order chi connectivity index (χ0) is 18.0. The van der Waals surface area contributed by atoms with Gasteiger partial charge in [0, 0.05) is 6.20 Å². The molecule has 24 heavy (non-hydrogen) atoms. The van der Waals surface area contributed by atoms with Crippen molar-refractivity contribution >= 4 is 0 Å². The van der Waals surface area contributed by atoms with E-state index in [9.17, 15) is 10.2 Å². The fraction of sp³-hybridized carbons (Fsp3) is 0.905. The Morgan fingerprint density at radius 2 is 1.04 bits per heavy atom. The molecule has 0 spiro atoms. The molecular weight excluding hydrogens is 298 g/mol. The van der Waals surface area contributed by atoms with E-state index >= 15 is 0 Å². The Bertz CT molecular complexity index is 269. The Hall–Kier alpha value is -0.540. The van der Waals surface area contributed by atoms with Gasteiger partial charge in [-0.25, -0.2) is 0 Å². The van der Waals surface area contributed by atoms with E-state index in [4.69, 9.17) is 0 Å². The molecule has 0 bridgehead atoms. The van der Waals surface area contributed by atoms with Gasteiger partial charge in [0.25, 0.3) is 0 Å². The summed E-state index contributed by atoms with van der Waals surface area (Å²) in [6.45, 7) is 5.61. The van der Waals surface area contributed by atoms with Crippen LogP contribution in [0.3, 0.4) is 0 Å². The zero-order valence-electron chi connectivity index (χ0n) is 16.6. The fourth-order valence-corrected chi connectivity index (χ4v) is 3.04. The van der Waals surface area contributed by atoms with Crippen molar-refractivity contribution < 1.29 is 10.2 Å². The van der Waals surface area contributed by atoms with E-state index in [2.05, 4.69) is 13.0 Å². The molecule has 0 aliphatic carbocycles. The van der Waals surface area contributed by atoms with Gasteiger partial charge in [0.1, 0.15) is 12.5 Å². The SMILES string of the molecule is CCCCCCCCCCCCCCCC=CN(C(C)O)C(C)O. The van der Waals surface area contributed by atoms with Crippen LogP contribution in [-0.4, -0.2) is 27.6 Å². The van der Waals surface area contributed by atoms with Crippen LogP contribution in [0.1, 0.15) is 111 Å². The number of rotatable bonds is 17. The van der Waals surface area contributed by atoms with Gasteiger partial charge in [-0.05, 0) is 26.7 Å². The van der Waals surface area contributed by atoms with E-state index in [0.717, 1.165) is 6.42 Å². The number of aliphatic hydroxyl groups is 2. The molecule has 3 nitrogen and oxygen atoms in total. The summed E-state index contributed by atoms with van der Waals surface area (Å²) in [7, 11) is 0. The molecule has 144 valence electrons. The molecule has 0 heterocycles. The highest BCUT2D eigenvalue weighted by Gasteiger charge is 2.10. The number of allylic oxidation sites excluding steroid dienone is 1. The maximum atomic E-state index is 9.51. The molecule has 0 radical (unpaired) electrons. The summed E-state index contributed by atoms with van der Waals surface area (Å²) in [5.41, 5.74) is 0. The monoisotopic (exact) mass is 341 g/mol. The van der Waals surface area contributed by atoms with Gasteiger partial charge in [0.05, 0.1) is 0 Å². The summed E-state index contributed by atoms with van der Waals surface area (Å²) in [4.78, 5) is 1.56. The van der Waals surface area contributed by atoms with Crippen LogP contribution in [0.15, 0.2) is 12.3 Å². The van der Waals surface area contributed by atoms with E-state index in [1.165, 1.54) is 83.5 Å². The van der Waals surface area contributed by atoms with Gasteiger partial charge < -0.3 is 15.1 Å². The number of hydrogen-bond acceptors (Lipinski definition) is 3. The molecular formula is C21H43NO2. The van der Waals surface area contributed by atoms with Crippen molar-refractivity contribution in [3.8, 4) is 0 Å². The van der Waals surface area contributed by atoms with Crippen molar-refractivity contribution in [2.45, 2.75) is 123 Å². The first-order chi connectivity index (χ1) is 11.6. The molecule has 2 atom stereocenters. The molecule has 0 aliphatic heterocycles. The zero-order valence-corrected chi connectivity index (χ0v) is 16.6. The smallest absolute Gasteiger partial charge is 0.125 e. The highest BCUT2D eigenvalue weighted by molar-refractivity contribution is 4.83. The predicted molar refractivity (Wildman–Crippen MR) is 105 cm³/mol. The van der Waals surface area contributed by atoms with Crippen LogP contribution in [0.25, 0.3) is 0 Å². The third kappa shape index (κ3) is 15.0. The topological polar surface area (TPSA) is 43.7 Å². The van der Waals surface area contributed by atoms with Gasteiger partial charge in [-0.2, -0.15) is 0 Å². The highest BCUT2D eigenvalue weighted by Crippen LogP contribution is 2.13. The average molecular weight is 342 g/mol. The van der Waals surface area contributed by atoms with Crippen LogP contribution < -0.4 is 0 Å². The van der Waals surface area contributed by atoms with Crippen LogP contribution in [0, 0.1) is 0 Å². The van der Waals surface area contributed by atoms with Gasteiger partial charge in [-0.15, -0.1) is 0 Å². The summed E-state index contributed by atoms with van der Waals surface area (Å²) < 4.78 is 0. The molecule has 0 saturated carbocycles. The third-order valence-electron chi connectivity index (χ3n) is 4.61. The van der Waals surface area contributed by atoms with E-state index < -0.39 is 12.5 Å². The summed E-state index contributed by atoms with van der Waals surface area (Å²) in [5, 5.41) is 19.0. The molecule has 2 N–H and O–H groups in total. The minimum Gasteiger partial charge on any atom is -0.374 e. The Labute approximate surface area is 151 Å².